The first-order valence-electron chi connectivity index (χ1n) is 21.2. The van der Waals surface area contributed by atoms with Crippen molar-refractivity contribution in [2.24, 2.45) is 5.92 Å². The van der Waals surface area contributed by atoms with Crippen molar-refractivity contribution in [3.05, 3.63) is 136 Å². The van der Waals surface area contributed by atoms with Gasteiger partial charge in [-0.3, -0.25) is 19.3 Å². The fraction of sp³-hybridized carbons (Fsp3) is 0.396. The third-order valence-corrected chi connectivity index (χ3v) is 12.5. The topological polar surface area (TPSA) is 154 Å². The number of amides is 1. The van der Waals surface area contributed by atoms with Crippen LogP contribution < -0.4 is 20.3 Å². The Morgan fingerprint density at radius 3 is 2.38 bits per heavy atom. The van der Waals surface area contributed by atoms with Gasteiger partial charge in [-0.15, -0.1) is 0 Å². The summed E-state index contributed by atoms with van der Waals surface area (Å²) in [5.74, 6) is 1.59. The number of esters is 1. The number of pyridine rings is 1. The zero-order valence-corrected chi connectivity index (χ0v) is 33.9. The average Bonchev–Trinajstić information content (AvgIpc) is 3.29. The molecule has 4 saturated heterocycles. The maximum Gasteiger partial charge on any atom is 0.317 e. The van der Waals surface area contributed by atoms with Gasteiger partial charge in [0.1, 0.15) is 30.0 Å². The summed E-state index contributed by atoms with van der Waals surface area (Å²) in [6, 6.07) is 31.1. The largest absolute Gasteiger partial charge is 0.506 e. The number of aliphatic hydroxyl groups excluding tert-OH is 1. The number of phenols is 1. The van der Waals surface area contributed by atoms with Gasteiger partial charge in [0.15, 0.2) is 0 Å². The van der Waals surface area contributed by atoms with Crippen LogP contribution in [0.3, 0.4) is 0 Å². The number of H-pyrrole nitrogens is 1. The van der Waals surface area contributed by atoms with Crippen LogP contribution >= 0.6 is 0 Å². The molecule has 12 nitrogen and oxygen atoms in total. The van der Waals surface area contributed by atoms with Crippen LogP contribution in [-0.2, 0) is 21.6 Å². The number of aromatic hydroxyl groups is 1. The molecule has 4 aromatic carbocycles. The summed E-state index contributed by atoms with van der Waals surface area (Å²) in [6.45, 7) is 5.81. The molecule has 60 heavy (non-hydrogen) atoms. The molecule has 2 bridgehead atoms. The number of carbonyl (C=O) groups excluding carboxylic acids is 2. The minimum atomic E-state index is -0.804. The lowest BCUT2D eigenvalue weighted by atomic mass is 9.72. The van der Waals surface area contributed by atoms with E-state index in [-0.39, 0.29) is 29.3 Å². The second-order valence-corrected chi connectivity index (χ2v) is 16.3. The maximum atomic E-state index is 14.0. The van der Waals surface area contributed by atoms with Crippen LogP contribution in [0.5, 0.6) is 17.2 Å². The predicted octanol–water partition coefficient (Wildman–Crippen LogP) is 6.11. The lowest BCUT2D eigenvalue weighted by Crippen LogP contribution is -2.55. The van der Waals surface area contributed by atoms with Gasteiger partial charge in [0.2, 0.25) is 5.56 Å². The van der Waals surface area contributed by atoms with Gasteiger partial charge >= 0.3 is 5.97 Å². The van der Waals surface area contributed by atoms with E-state index in [0.717, 1.165) is 62.2 Å². The Kier molecular flexibility index (Phi) is 12.8. The molecule has 2 atom stereocenters. The molecule has 0 spiro atoms. The smallest absolute Gasteiger partial charge is 0.317 e. The minimum Gasteiger partial charge on any atom is -0.506 e. The van der Waals surface area contributed by atoms with E-state index in [9.17, 15) is 24.6 Å². The number of benzene rings is 4. The van der Waals surface area contributed by atoms with Crippen LogP contribution in [0.2, 0.25) is 0 Å². The molecule has 5 heterocycles. The zero-order chi connectivity index (χ0) is 41.5. The van der Waals surface area contributed by atoms with Gasteiger partial charge in [-0.05, 0) is 129 Å². The fourth-order valence-corrected chi connectivity index (χ4v) is 8.96. The molecule has 314 valence electrons. The molecule has 4 aliphatic heterocycles. The van der Waals surface area contributed by atoms with Crippen LogP contribution in [0.1, 0.15) is 71.7 Å². The number of hydrogen-bond donors (Lipinski definition) is 4. The van der Waals surface area contributed by atoms with Gasteiger partial charge in [0, 0.05) is 43.2 Å². The number of unbranched alkanes of at least 4 members (excludes halogenated alkanes) is 1. The summed E-state index contributed by atoms with van der Waals surface area (Å²) in [4.78, 5) is 46.3. The van der Waals surface area contributed by atoms with E-state index in [1.165, 1.54) is 12.1 Å². The van der Waals surface area contributed by atoms with E-state index in [1.54, 1.807) is 24.3 Å². The number of hydrogen-bond acceptors (Lipinski definition) is 10. The number of nitrogens with zero attached hydrogens (tertiary/aromatic N) is 2. The summed E-state index contributed by atoms with van der Waals surface area (Å²) in [6.07, 6.45) is 3.99. The Labute approximate surface area is 350 Å². The van der Waals surface area contributed by atoms with E-state index >= 15 is 0 Å². The Bertz CT molecular complexity index is 2300. The van der Waals surface area contributed by atoms with Crippen molar-refractivity contribution in [1.29, 1.82) is 0 Å². The second kappa shape index (κ2) is 18.7. The summed E-state index contributed by atoms with van der Waals surface area (Å²) in [5.41, 5.74) is 2.36. The highest BCUT2D eigenvalue weighted by Crippen LogP contribution is 2.40. The number of fused-ring (bicyclic) bond motifs is 4. The predicted molar refractivity (Wildman–Crippen MR) is 228 cm³/mol. The van der Waals surface area contributed by atoms with Gasteiger partial charge in [-0.25, -0.2) is 0 Å². The minimum absolute atomic E-state index is 0.0358. The molecular weight excluding hydrogens is 761 g/mol. The first-order chi connectivity index (χ1) is 29.3. The molecule has 5 aromatic rings. The van der Waals surface area contributed by atoms with Crippen molar-refractivity contribution in [2.45, 2.75) is 62.8 Å². The van der Waals surface area contributed by atoms with Crippen molar-refractivity contribution in [3.63, 3.8) is 0 Å². The van der Waals surface area contributed by atoms with Crippen molar-refractivity contribution >= 4 is 22.8 Å². The normalized spacial score (nSPS) is 20.1. The summed E-state index contributed by atoms with van der Waals surface area (Å²) in [5, 5.41) is 24.7. The number of piperidine rings is 4. The molecular formula is C48H54N4O8. The third-order valence-electron chi connectivity index (χ3n) is 12.5. The highest BCUT2D eigenvalue weighted by Gasteiger charge is 2.47. The molecule has 4 N–H and O–H groups in total. The molecule has 4 aliphatic rings. The first kappa shape index (κ1) is 41.1. The summed E-state index contributed by atoms with van der Waals surface area (Å²) >= 11 is 0. The highest BCUT2D eigenvalue weighted by atomic mass is 16.5. The summed E-state index contributed by atoms with van der Waals surface area (Å²) in [7, 11) is 0. The molecule has 0 radical (unpaired) electrons. The number of phenolic OH excluding ortho intramolecular Hbond substituents is 1. The van der Waals surface area contributed by atoms with E-state index in [1.807, 2.05) is 71.6 Å². The number of nitrogens with one attached hydrogen (secondary N) is 2. The van der Waals surface area contributed by atoms with E-state index in [0.29, 0.717) is 85.9 Å². The van der Waals surface area contributed by atoms with Crippen molar-refractivity contribution in [1.82, 2.24) is 20.1 Å². The number of likely N-dealkylation sites (tertiary alicyclic amines) is 1. The van der Waals surface area contributed by atoms with Crippen molar-refractivity contribution in [2.75, 3.05) is 52.4 Å². The number of aromatic nitrogens is 1. The number of aliphatic hydroxyl groups is 1. The first-order valence-corrected chi connectivity index (χ1v) is 21.2. The molecule has 0 aliphatic carbocycles. The van der Waals surface area contributed by atoms with Crippen LogP contribution in [0.15, 0.2) is 108 Å². The van der Waals surface area contributed by atoms with E-state index in [2.05, 4.69) is 15.2 Å². The van der Waals surface area contributed by atoms with Gasteiger partial charge in [-0.2, -0.15) is 0 Å². The van der Waals surface area contributed by atoms with E-state index < -0.39 is 11.5 Å². The SMILES string of the molecule is O=C(c1ccc(OCc2cccc(OCCCCNCC(O)c3ccc(O)c4[nH]c(=O)ccc34)c2)cc1)N1CCC(C(=O)O[C@H]2CN3CCC2CC3)(c2ccccc2)CC1. The fourth-order valence-electron chi connectivity index (χ4n) is 8.96. The molecule has 12 heteroatoms. The van der Waals surface area contributed by atoms with Crippen LogP contribution in [-0.4, -0.2) is 95.4 Å². The maximum absolute atomic E-state index is 14.0. The highest BCUT2D eigenvalue weighted by molar-refractivity contribution is 5.95. The van der Waals surface area contributed by atoms with Crippen molar-refractivity contribution < 1.29 is 34.0 Å². The molecule has 0 saturated carbocycles. The number of rotatable bonds is 16. The van der Waals surface area contributed by atoms with Gasteiger partial charge in [0.05, 0.1) is 23.6 Å². The lowest BCUT2D eigenvalue weighted by molar-refractivity contribution is -0.167. The van der Waals surface area contributed by atoms with Crippen LogP contribution in [0.4, 0.5) is 0 Å². The van der Waals surface area contributed by atoms with Crippen LogP contribution in [0.25, 0.3) is 10.9 Å². The molecule has 9 rings (SSSR count). The summed E-state index contributed by atoms with van der Waals surface area (Å²) < 4.78 is 18.4. The lowest BCUT2D eigenvalue weighted by Gasteiger charge is -2.46. The molecule has 1 amide bonds. The second-order valence-electron chi connectivity index (χ2n) is 16.3. The van der Waals surface area contributed by atoms with Crippen LogP contribution in [0, 0.1) is 5.92 Å². The Morgan fingerprint density at radius 2 is 1.63 bits per heavy atom. The number of aromatic amines is 1. The average molecular weight is 815 g/mol. The Hall–Kier alpha value is -5.69. The van der Waals surface area contributed by atoms with Gasteiger partial charge < -0.3 is 39.6 Å². The number of ether oxygens (including phenoxy) is 3. The standard InChI is InChI=1S/C48H54N4O8/c53-41-17-15-39(40-16-18-44(55)50-45(40)41)42(54)30-49-23-4-5-28-58-38-10-6-7-33(29-38)32-59-37-13-11-35(12-14-37)46(56)52-26-21-48(22-27-52,36-8-2-1-3-9-36)47(57)60-43-31-51-24-19-34(43)20-25-51/h1-3,6-18,29,34,42-43,49,53-54H,4-5,19-28,30-32H2,(H,50,55)/t42?,43-/m0/s1. The molecule has 1 unspecified atom stereocenters. The van der Waals surface area contributed by atoms with Crippen molar-refractivity contribution in [3.8, 4) is 17.2 Å². The monoisotopic (exact) mass is 814 g/mol. The van der Waals surface area contributed by atoms with E-state index in [4.69, 9.17) is 14.2 Å². The molecule has 1 aromatic heterocycles. The Balaban J connectivity index is 0.764. The van der Waals surface area contributed by atoms with Gasteiger partial charge in [-0.1, -0.05) is 48.5 Å². The quantitative estimate of drug-likeness (QED) is 0.0679. The molecule has 4 fully saturated rings. The Morgan fingerprint density at radius 1 is 0.850 bits per heavy atom. The third kappa shape index (κ3) is 9.36. The van der Waals surface area contributed by atoms with Gasteiger partial charge in [0.25, 0.3) is 5.91 Å². The number of carbonyl (C=O) groups is 2. The zero-order valence-electron chi connectivity index (χ0n) is 33.9.